The van der Waals surface area contributed by atoms with Gasteiger partial charge in [-0.2, -0.15) is 11.8 Å². The van der Waals surface area contributed by atoms with Gasteiger partial charge in [-0.25, -0.2) is 9.97 Å². The summed E-state index contributed by atoms with van der Waals surface area (Å²) in [7, 11) is 0. The Morgan fingerprint density at radius 3 is 2.94 bits per heavy atom. The van der Waals surface area contributed by atoms with Crippen molar-refractivity contribution < 1.29 is 0 Å². The Hall–Kier alpha value is -1.43. The Morgan fingerprint density at radius 2 is 2.12 bits per heavy atom. The zero-order chi connectivity index (χ0) is 11.0. The lowest BCUT2D eigenvalue weighted by atomic mass is 10.4. The van der Waals surface area contributed by atoms with E-state index in [1.165, 1.54) is 0 Å². The summed E-state index contributed by atoms with van der Waals surface area (Å²) in [5.74, 6) is 3.73. The van der Waals surface area contributed by atoms with Gasteiger partial charge in [0.05, 0.1) is 6.20 Å². The van der Waals surface area contributed by atoms with E-state index in [0.29, 0.717) is 5.82 Å². The fourth-order valence-electron chi connectivity index (χ4n) is 1.92. The minimum atomic E-state index is 0.540. The van der Waals surface area contributed by atoms with Crippen molar-refractivity contribution >= 4 is 29.0 Å². The molecule has 0 bridgehead atoms. The van der Waals surface area contributed by atoms with E-state index in [4.69, 9.17) is 5.73 Å². The topological polar surface area (TPSA) is 59.5 Å². The molecule has 1 aliphatic rings. The van der Waals surface area contributed by atoms with Crippen molar-refractivity contribution in [2.45, 2.75) is 0 Å². The first-order valence-electron chi connectivity index (χ1n) is 5.26. The van der Waals surface area contributed by atoms with Gasteiger partial charge in [0, 0.05) is 37.0 Å². The van der Waals surface area contributed by atoms with Gasteiger partial charge in [0.1, 0.15) is 5.82 Å². The number of imidazole rings is 1. The van der Waals surface area contributed by atoms with Crippen molar-refractivity contribution in [2.24, 2.45) is 0 Å². The standard InChI is InChI=1S/C10H13N5S/c11-8-7-15-2-1-12-9(15)10(13-8)14-3-5-16-6-4-14/h1-2,7H,3-6,11H2. The predicted molar refractivity (Wildman–Crippen MR) is 66.9 cm³/mol. The maximum atomic E-state index is 5.80. The highest BCUT2D eigenvalue weighted by Crippen LogP contribution is 2.22. The lowest BCUT2D eigenvalue weighted by Crippen LogP contribution is -2.33. The fourth-order valence-corrected chi connectivity index (χ4v) is 2.82. The average Bonchev–Trinajstić information content (AvgIpc) is 2.77. The summed E-state index contributed by atoms with van der Waals surface area (Å²) in [6, 6.07) is 0. The molecule has 0 atom stereocenters. The molecule has 0 aromatic carbocycles. The van der Waals surface area contributed by atoms with E-state index >= 15 is 0 Å². The van der Waals surface area contributed by atoms with Crippen LogP contribution in [0.5, 0.6) is 0 Å². The van der Waals surface area contributed by atoms with E-state index in [-0.39, 0.29) is 0 Å². The molecule has 1 aliphatic heterocycles. The second-order valence-electron chi connectivity index (χ2n) is 3.75. The van der Waals surface area contributed by atoms with Crippen LogP contribution in [0.4, 0.5) is 11.6 Å². The van der Waals surface area contributed by atoms with Crippen LogP contribution in [0.15, 0.2) is 18.6 Å². The maximum absolute atomic E-state index is 5.80. The normalized spacial score (nSPS) is 16.9. The molecule has 3 rings (SSSR count). The van der Waals surface area contributed by atoms with E-state index in [1.54, 1.807) is 12.4 Å². The molecule has 1 saturated heterocycles. The van der Waals surface area contributed by atoms with Gasteiger partial charge in [0.25, 0.3) is 0 Å². The van der Waals surface area contributed by atoms with Crippen LogP contribution in [0.2, 0.25) is 0 Å². The molecule has 3 heterocycles. The molecule has 0 saturated carbocycles. The summed E-state index contributed by atoms with van der Waals surface area (Å²) in [5.41, 5.74) is 6.69. The molecule has 2 N–H and O–H groups in total. The monoisotopic (exact) mass is 235 g/mol. The lowest BCUT2D eigenvalue weighted by Gasteiger charge is -2.27. The molecule has 1 fully saturated rings. The van der Waals surface area contributed by atoms with Crippen LogP contribution in [-0.2, 0) is 0 Å². The first-order valence-corrected chi connectivity index (χ1v) is 6.42. The van der Waals surface area contributed by atoms with Crippen LogP contribution >= 0.6 is 11.8 Å². The zero-order valence-corrected chi connectivity index (χ0v) is 9.65. The predicted octanol–water partition coefficient (Wildman–Crippen LogP) is 0.865. The van der Waals surface area contributed by atoms with Gasteiger partial charge in [-0.05, 0) is 0 Å². The van der Waals surface area contributed by atoms with Crippen molar-refractivity contribution in [3.63, 3.8) is 0 Å². The maximum Gasteiger partial charge on any atom is 0.180 e. The molecule has 0 radical (unpaired) electrons. The fraction of sp³-hybridized carbons (Fsp3) is 0.400. The van der Waals surface area contributed by atoms with Crippen molar-refractivity contribution in [3.8, 4) is 0 Å². The van der Waals surface area contributed by atoms with Gasteiger partial charge < -0.3 is 15.0 Å². The van der Waals surface area contributed by atoms with Gasteiger partial charge in [-0.1, -0.05) is 0 Å². The van der Waals surface area contributed by atoms with E-state index in [1.807, 2.05) is 22.4 Å². The number of nitrogens with two attached hydrogens (primary N) is 1. The highest BCUT2D eigenvalue weighted by Gasteiger charge is 2.16. The minimum absolute atomic E-state index is 0.540. The Morgan fingerprint density at radius 1 is 1.31 bits per heavy atom. The van der Waals surface area contributed by atoms with Crippen LogP contribution in [-0.4, -0.2) is 39.0 Å². The number of thioether (sulfide) groups is 1. The summed E-state index contributed by atoms with van der Waals surface area (Å²) >= 11 is 1.98. The number of anilines is 2. The van der Waals surface area contributed by atoms with Gasteiger partial charge >= 0.3 is 0 Å². The van der Waals surface area contributed by atoms with Crippen molar-refractivity contribution in [1.82, 2.24) is 14.4 Å². The molecule has 16 heavy (non-hydrogen) atoms. The van der Waals surface area contributed by atoms with E-state index in [9.17, 15) is 0 Å². The molecule has 0 spiro atoms. The van der Waals surface area contributed by atoms with Crippen molar-refractivity contribution in [3.05, 3.63) is 18.6 Å². The summed E-state index contributed by atoms with van der Waals surface area (Å²) in [4.78, 5) is 11.0. The van der Waals surface area contributed by atoms with Crippen molar-refractivity contribution in [1.29, 1.82) is 0 Å². The SMILES string of the molecule is Nc1cn2ccnc2c(N2CCSCC2)n1. The van der Waals surface area contributed by atoms with Crippen LogP contribution in [0, 0.1) is 0 Å². The van der Waals surface area contributed by atoms with Crippen LogP contribution in [0.25, 0.3) is 5.65 Å². The molecular weight excluding hydrogens is 222 g/mol. The Bertz CT molecular complexity index is 503. The van der Waals surface area contributed by atoms with Gasteiger partial charge in [-0.15, -0.1) is 0 Å². The van der Waals surface area contributed by atoms with Gasteiger partial charge in [0.2, 0.25) is 0 Å². The van der Waals surface area contributed by atoms with Crippen molar-refractivity contribution in [2.75, 3.05) is 35.2 Å². The largest absolute Gasteiger partial charge is 0.382 e. The number of fused-ring (bicyclic) bond motifs is 1. The number of aromatic nitrogens is 3. The Balaban J connectivity index is 2.09. The van der Waals surface area contributed by atoms with Gasteiger partial charge in [0.15, 0.2) is 11.5 Å². The summed E-state index contributed by atoms with van der Waals surface area (Å²) in [5, 5.41) is 0. The number of hydrogen-bond donors (Lipinski definition) is 1. The molecule has 0 unspecified atom stereocenters. The highest BCUT2D eigenvalue weighted by atomic mass is 32.2. The molecule has 2 aromatic heterocycles. The molecule has 6 heteroatoms. The van der Waals surface area contributed by atoms with E-state index in [0.717, 1.165) is 36.1 Å². The summed E-state index contributed by atoms with van der Waals surface area (Å²) in [6.07, 6.45) is 5.47. The smallest absolute Gasteiger partial charge is 0.180 e. The van der Waals surface area contributed by atoms with Crippen LogP contribution in [0.3, 0.4) is 0 Å². The van der Waals surface area contributed by atoms with E-state index < -0.39 is 0 Å². The highest BCUT2D eigenvalue weighted by molar-refractivity contribution is 7.99. The number of nitrogen functional groups attached to an aromatic ring is 1. The van der Waals surface area contributed by atoms with E-state index in [2.05, 4.69) is 14.9 Å². The van der Waals surface area contributed by atoms with Gasteiger partial charge in [-0.3, -0.25) is 0 Å². The molecule has 84 valence electrons. The second-order valence-corrected chi connectivity index (χ2v) is 4.97. The Labute approximate surface area is 97.7 Å². The average molecular weight is 235 g/mol. The summed E-state index contributed by atoms with van der Waals surface area (Å²) < 4.78 is 1.93. The first-order chi connectivity index (χ1) is 7.84. The molecule has 5 nitrogen and oxygen atoms in total. The van der Waals surface area contributed by atoms with Crippen LogP contribution < -0.4 is 10.6 Å². The quantitative estimate of drug-likeness (QED) is 0.794. The number of nitrogens with zero attached hydrogens (tertiary/aromatic N) is 4. The Kier molecular flexibility index (Phi) is 2.36. The first kappa shape index (κ1) is 9.77. The summed E-state index contributed by atoms with van der Waals surface area (Å²) in [6.45, 7) is 2.04. The third kappa shape index (κ3) is 1.59. The third-order valence-corrected chi connectivity index (χ3v) is 3.63. The number of rotatable bonds is 1. The minimum Gasteiger partial charge on any atom is -0.382 e. The number of hydrogen-bond acceptors (Lipinski definition) is 5. The molecule has 0 amide bonds. The molecular formula is C10H13N5S. The third-order valence-electron chi connectivity index (χ3n) is 2.69. The van der Waals surface area contributed by atoms with Crippen LogP contribution in [0.1, 0.15) is 0 Å². The molecule has 0 aliphatic carbocycles. The molecule has 2 aromatic rings. The second kappa shape index (κ2) is 3.86. The zero-order valence-electron chi connectivity index (χ0n) is 8.83. The lowest BCUT2D eigenvalue weighted by molar-refractivity contribution is 0.838.